The van der Waals surface area contributed by atoms with Crippen molar-refractivity contribution >= 4 is 11.7 Å². The van der Waals surface area contributed by atoms with Crippen molar-refractivity contribution in [3.05, 3.63) is 66.2 Å². The standard InChI is InChI=1S/C18H20N4O2/c1-14(8-11-23)22(12-15-6-3-2-4-7-15)17(24)16-13-21-10-5-9-19-18(21)20-16/h2-7,9-10,13-14,23H,8,11-12H2,1H3. The molecule has 1 amide bonds. The summed E-state index contributed by atoms with van der Waals surface area (Å²) in [7, 11) is 0. The summed E-state index contributed by atoms with van der Waals surface area (Å²) < 4.78 is 1.73. The Morgan fingerprint density at radius 3 is 2.79 bits per heavy atom. The molecule has 0 radical (unpaired) electrons. The minimum absolute atomic E-state index is 0.0342. The molecule has 0 saturated heterocycles. The van der Waals surface area contributed by atoms with Crippen LogP contribution in [0.15, 0.2) is 55.0 Å². The number of aromatic nitrogens is 3. The Balaban J connectivity index is 1.89. The lowest BCUT2D eigenvalue weighted by atomic mass is 10.1. The second-order valence-corrected chi connectivity index (χ2v) is 5.73. The Morgan fingerprint density at radius 2 is 2.08 bits per heavy atom. The van der Waals surface area contributed by atoms with Crippen LogP contribution in [0.3, 0.4) is 0 Å². The molecule has 0 fully saturated rings. The first-order chi connectivity index (χ1) is 11.7. The van der Waals surface area contributed by atoms with Gasteiger partial charge in [-0.05, 0) is 25.0 Å². The number of carbonyl (C=O) groups is 1. The number of aliphatic hydroxyl groups excluding tert-OH is 1. The number of hydrogen-bond acceptors (Lipinski definition) is 4. The maximum Gasteiger partial charge on any atom is 0.274 e. The molecule has 0 spiro atoms. The van der Waals surface area contributed by atoms with Crippen molar-refractivity contribution in [2.24, 2.45) is 0 Å². The molecule has 2 heterocycles. The van der Waals surface area contributed by atoms with Crippen LogP contribution in [0, 0.1) is 0 Å². The largest absolute Gasteiger partial charge is 0.396 e. The Labute approximate surface area is 140 Å². The van der Waals surface area contributed by atoms with Gasteiger partial charge in [0.25, 0.3) is 5.91 Å². The first-order valence-corrected chi connectivity index (χ1v) is 7.94. The van der Waals surface area contributed by atoms with E-state index >= 15 is 0 Å². The molecule has 6 heteroatoms. The Morgan fingerprint density at radius 1 is 1.29 bits per heavy atom. The third-order valence-corrected chi connectivity index (χ3v) is 3.99. The van der Waals surface area contributed by atoms with Crippen LogP contribution in [0.1, 0.15) is 29.4 Å². The van der Waals surface area contributed by atoms with Gasteiger partial charge in [0.05, 0.1) is 0 Å². The lowest BCUT2D eigenvalue weighted by molar-refractivity contribution is 0.0643. The molecule has 1 unspecified atom stereocenters. The highest BCUT2D eigenvalue weighted by atomic mass is 16.3. The summed E-state index contributed by atoms with van der Waals surface area (Å²) in [5.41, 5.74) is 1.40. The van der Waals surface area contributed by atoms with Crippen molar-refractivity contribution in [2.75, 3.05) is 6.61 Å². The maximum absolute atomic E-state index is 13.0. The predicted octanol–water partition coefficient (Wildman–Crippen LogP) is 2.14. The van der Waals surface area contributed by atoms with E-state index in [4.69, 9.17) is 0 Å². The van der Waals surface area contributed by atoms with Crippen LogP contribution in [0.5, 0.6) is 0 Å². The van der Waals surface area contributed by atoms with Crippen molar-refractivity contribution in [2.45, 2.75) is 25.9 Å². The molecule has 0 aliphatic rings. The highest BCUT2D eigenvalue weighted by molar-refractivity contribution is 5.93. The Bertz CT molecular complexity index is 783. The number of fused-ring (bicyclic) bond motifs is 1. The van der Waals surface area contributed by atoms with E-state index in [1.54, 1.807) is 27.8 Å². The topological polar surface area (TPSA) is 70.7 Å². The molecule has 24 heavy (non-hydrogen) atoms. The average Bonchev–Trinajstić information content (AvgIpc) is 3.04. The highest BCUT2D eigenvalue weighted by Crippen LogP contribution is 2.15. The minimum atomic E-state index is -0.162. The van der Waals surface area contributed by atoms with Crippen molar-refractivity contribution in [1.29, 1.82) is 0 Å². The van der Waals surface area contributed by atoms with Crippen molar-refractivity contribution in [3.8, 4) is 0 Å². The molecule has 1 aromatic carbocycles. The molecule has 0 aliphatic heterocycles. The SMILES string of the molecule is CC(CCO)N(Cc1ccccc1)C(=O)c1cn2cccnc2n1. The summed E-state index contributed by atoms with van der Waals surface area (Å²) >= 11 is 0. The number of aliphatic hydroxyl groups is 1. The van der Waals surface area contributed by atoms with Crippen molar-refractivity contribution < 1.29 is 9.90 Å². The number of imidazole rings is 1. The van der Waals surface area contributed by atoms with Gasteiger partial charge in [-0.1, -0.05) is 30.3 Å². The molecule has 3 aromatic rings. The summed E-state index contributed by atoms with van der Waals surface area (Å²) in [6.07, 6.45) is 5.66. The molecule has 124 valence electrons. The second-order valence-electron chi connectivity index (χ2n) is 5.73. The molecule has 1 N–H and O–H groups in total. The fourth-order valence-electron chi connectivity index (χ4n) is 2.63. The van der Waals surface area contributed by atoms with Gasteiger partial charge in [0.15, 0.2) is 0 Å². The third-order valence-electron chi connectivity index (χ3n) is 3.99. The lowest BCUT2D eigenvalue weighted by Crippen LogP contribution is -2.38. The van der Waals surface area contributed by atoms with Crippen molar-refractivity contribution in [1.82, 2.24) is 19.3 Å². The van der Waals surface area contributed by atoms with E-state index < -0.39 is 0 Å². The summed E-state index contributed by atoms with van der Waals surface area (Å²) in [6, 6.07) is 11.5. The lowest BCUT2D eigenvalue weighted by Gasteiger charge is -2.28. The second kappa shape index (κ2) is 7.23. The van der Waals surface area contributed by atoms with E-state index in [2.05, 4.69) is 9.97 Å². The highest BCUT2D eigenvalue weighted by Gasteiger charge is 2.24. The van der Waals surface area contributed by atoms with E-state index in [0.29, 0.717) is 24.4 Å². The molecular formula is C18H20N4O2. The average molecular weight is 324 g/mol. The van der Waals surface area contributed by atoms with Gasteiger partial charge in [-0.25, -0.2) is 9.97 Å². The Hall–Kier alpha value is -2.73. The molecular weight excluding hydrogens is 304 g/mol. The van der Waals surface area contributed by atoms with Crippen LogP contribution >= 0.6 is 0 Å². The van der Waals surface area contributed by atoms with Crippen LogP contribution in [-0.4, -0.2) is 42.9 Å². The number of carbonyl (C=O) groups excluding carboxylic acids is 1. The first kappa shape index (κ1) is 16.1. The van der Waals surface area contributed by atoms with E-state index in [1.165, 1.54) is 0 Å². The van der Waals surface area contributed by atoms with Gasteiger partial charge in [0.2, 0.25) is 5.78 Å². The van der Waals surface area contributed by atoms with Crippen LogP contribution < -0.4 is 0 Å². The number of hydrogen-bond donors (Lipinski definition) is 1. The zero-order valence-electron chi connectivity index (χ0n) is 13.5. The first-order valence-electron chi connectivity index (χ1n) is 7.94. The van der Waals surface area contributed by atoms with E-state index in [1.807, 2.05) is 43.5 Å². The molecule has 0 saturated carbocycles. The van der Waals surface area contributed by atoms with Gasteiger partial charge in [-0.3, -0.25) is 9.20 Å². The van der Waals surface area contributed by atoms with Crippen LogP contribution in [0.4, 0.5) is 0 Å². The van der Waals surface area contributed by atoms with Gasteiger partial charge in [-0.15, -0.1) is 0 Å². The summed E-state index contributed by atoms with van der Waals surface area (Å²) in [6.45, 7) is 2.44. The smallest absolute Gasteiger partial charge is 0.274 e. The Kier molecular flexibility index (Phi) is 4.86. The van der Waals surface area contributed by atoms with Gasteiger partial charge in [-0.2, -0.15) is 0 Å². The molecule has 6 nitrogen and oxygen atoms in total. The van der Waals surface area contributed by atoms with Gasteiger partial charge in [0.1, 0.15) is 5.69 Å². The summed E-state index contributed by atoms with van der Waals surface area (Å²) in [5.74, 6) is 0.334. The molecule has 0 aliphatic carbocycles. The zero-order valence-corrected chi connectivity index (χ0v) is 13.5. The summed E-state index contributed by atoms with van der Waals surface area (Å²) in [4.78, 5) is 23.2. The monoisotopic (exact) mass is 324 g/mol. The van der Waals surface area contributed by atoms with Crippen LogP contribution in [-0.2, 0) is 6.54 Å². The molecule has 3 rings (SSSR count). The van der Waals surface area contributed by atoms with Crippen molar-refractivity contribution in [3.63, 3.8) is 0 Å². The van der Waals surface area contributed by atoms with Gasteiger partial charge >= 0.3 is 0 Å². The van der Waals surface area contributed by atoms with E-state index in [9.17, 15) is 9.90 Å². The molecule has 1 atom stereocenters. The summed E-state index contributed by atoms with van der Waals surface area (Å²) in [5, 5.41) is 9.25. The normalized spacial score (nSPS) is 12.2. The molecule has 2 aromatic heterocycles. The number of amides is 1. The predicted molar refractivity (Wildman–Crippen MR) is 90.5 cm³/mol. The molecule has 0 bridgehead atoms. The number of rotatable bonds is 6. The number of nitrogens with zero attached hydrogens (tertiary/aromatic N) is 4. The van der Waals surface area contributed by atoms with Gasteiger partial charge in [0, 0.05) is 37.8 Å². The van der Waals surface area contributed by atoms with Crippen LogP contribution in [0.2, 0.25) is 0 Å². The van der Waals surface area contributed by atoms with Gasteiger partial charge < -0.3 is 10.0 Å². The minimum Gasteiger partial charge on any atom is -0.396 e. The maximum atomic E-state index is 13.0. The van der Waals surface area contributed by atoms with E-state index in [-0.39, 0.29) is 18.6 Å². The van der Waals surface area contributed by atoms with Crippen LogP contribution in [0.25, 0.3) is 5.78 Å². The quantitative estimate of drug-likeness (QED) is 0.754. The number of benzene rings is 1. The fraction of sp³-hybridized carbons (Fsp3) is 0.278. The third kappa shape index (κ3) is 3.44. The zero-order chi connectivity index (χ0) is 16.9. The fourth-order valence-corrected chi connectivity index (χ4v) is 2.63. The van der Waals surface area contributed by atoms with E-state index in [0.717, 1.165) is 5.56 Å².